The zero-order valence-corrected chi connectivity index (χ0v) is 14.1. The number of aliphatic carboxylic acids is 1. The summed E-state index contributed by atoms with van der Waals surface area (Å²) in [5.74, 6) is -2.03. The lowest BCUT2D eigenvalue weighted by atomic mass is 10.0. The summed E-state index contributed by atoms with van der Waals surface area (Å²) in [6.07, 6.45) is 5.63. The average molecular weight is 354 g/mol. The summed E-state index contributed by atoms with van der Waals surface area (Å²) < 4.78 is 0. The molecule has 1 saturated heterocycles. The molecule has 0 aromatic heterocycles. The van der Waals surface area contributed by atoms with E-state index in [1.165, 1.54) is 0 Å². The van der Waals surface area contributed by atoms with E-state index >= 15 is 0 Å². The standard InChI is InChI=1S/C16H26N4O5/c17-9-3-1-5-11-15(24)20-12(16(25)19-11)6-2-4-10-18-13(21)7-8-14(22)23/h7-8,11-12H,1-6,9-10,17H2,(H,18,21)(H,19,25)(H,20,24)(H,22,23). The van der Waals surface area contributed by atoms with Crippen molar-refractivity contribution in [3.8, 4) is 0 Å². The number of unbranched alkanes of at least 4 members (excludes halogenated alkanes) is 2. The number of piperazine rings is 1. The summed E-state index contributed by atoms with van der Waals surface area (Å²) in [6, 6.07) is -1.04. The van der Waals surface area contributed by atoms with Crippen LogP contribution >= 0.6 is 0 Å². The Hall–Kier alpha value is -2.42. The monoisotopic (exact) mass is 354 g/mol. The van der Waals surface area contributed by atoms with Gasteiger partial charge in [-0.3, -0.25) is 14.4 Å². The number of nitrogens with two attached hydrogens (primary N) is 1. The van der Waals surface area contributed by atoms with Crippen LogP contribution in [-0.2, 0) is 19.2 Å². The number of rotatable bonds is 11. The van der Waals surface area contributed by atoms with Crippen LogP contribution in [0, 0.1) is 0 Å². The zero-order valence-electron chi connectivity index (χ0n) is 14.1. The maximum Gasteiger partial charge on any atom is 0.328 e. The number of nitrogens with one attached hydrogen (secondary N) is 3. The van der Waals surface area contributed by atoms with E-state index in [1.807, 2.05) is 0 Å². The van der Waals surface area contributed by atoms with Gasteiger partial charge in [0.05, 0.1) is 0 Å². The molecule has 9 heteroatoms. The number of hydrogen-bond donors (Lipinski definition) is 5. The molecule has 0 aromatic rings. The van der Waals surface area contributed by atoms with Gasteiger partial charge >= 0.3 is 5.97 Å². The van der Waals surface area contributed by atoms with Crippen molar-refractivity contribution < 1.29 is 24.3 Å². The number of carboxylic acid groups (broad SMARTS) is 1. The van der Waals surface area contributed by atoms with E-state index in [0.29, 0.717) is 38.8 Å². The molecule has 0 bridgehead atoms. The fourth-order valence-corrected chi connectivity index (χ4v) is 2.47. The summed E-state index contributed by atoms with van der Waals surface area (Å²) in [7, 11) is 0. The summed E-state index contributed by atoms with van der Waals surface area (Å²) in [5, 5.41) is 16.4. The predicted octanol–water partition coefficient (Wildman–Crippen LogP) is -0.974. The number of carboxylic acids is 1. The Balaban J connectivity index is 2.21. The van der Waals surface area contributed by atoms with Crippen LogP contribution in [-0.4, -0.2) is 54.0 Å². The lowest BCUT2D eigenvalue weighted by Gasteiger charge is -2.29. The molecule has 0 radical (unpaired) electrons. The lowest BCUT2D eigenvalue weighted by Crippen LogP contribution is -2.61. The highest BCUT2D eigenvalue weighted by Crippen LogP contribution is 2.09. The highest BCUT2D eigenvalue weighted by Gasteiger charge is 2.32. The van der Waals surface area contributed by atoms with E-state index < -0.39 is 24.0 Å². The molecule has 1 aliphatic rings. The van der Waals surface area contributed by atoms with Gasteiger partial charge in [0.15, 0.2) is 0 Å². The Morgan fingerprint density at radius 2 is 1.56 bits per heavy atom. The van der Waals surface area contributed by atoms with Crippen molar-refractivity contribution in [1.82, 2.24) is 16.0 Å². The third kappa shape index (κ3) is 8.30. The van der Waals surface area contributed by atoms with E-state index in [1.54, 1.807) is 0 Å². The van der Waals surface area contributed by atoms with E-state index in [0.717, 1.165) is 25.0 Å². The Morgan fingerprint density at radius 1 is 1.00 bits per heavy atom. The Morgan fingerprint density at radius 3 is 2.08 bits per heavy atom. The van der Waals surface area contributed by atoms with Gasteiger partial charge in [-0.2, -0.15) is 0 Å². The summed E-state index contributed by atoms with van der Waals surface area (Å²) >= 11 is 0. The minimum atomic E-state index is -1.18. The van der Waals surface area contributed by atoms with Crippen molar-refractivity contribution in [2.75, 3.05) is 13.1 Å². The van der Waals surface area contributed by atoms with E-state index in [9.17, 15) is 19.2 Å². The quantitative estimate of drug-likeness (QED) is 0.238. The SMILES string of the molecule is NCCCCC1NC(=O)C(CCCCNC(=O)C=CC(=O)O)NC1=O. The minimum Gasteiger partial charge on any atom is -0.478 e. The Labute approximate surface area is 146 Å². The largest absolute Gasteiger partial charge is 0.478 e. The molecule has 1 aliphatic heterocycles. The number of amides is 3. The first-order valence-corrected chi connectivity index (χ1v) is 8.43. The van der Waals surface area contributed by atoms with Crippen molar-refractivity contribution in [2.24, 2.45) is 5.73 Å². The molecule has 1 fully saturated rings. The molecule has 1 heterocycles. The second-order valence-electron chi connectivity index (χ2n) is 5.87. The first-order valence-electron chi connectivity index (χ1n) is 8.43. The van der Waals surface area contributed by atoms with E-state index in [4.69, 9.17) is 10.8 Å². The second kappa shape index (κ2) is 11.2. The number of carbonyl (C=O) groups is 4. The fraction of sp³-hybridized carbons (Fsp3) is 0.625. The summed E-state index contributed by atoms with van der Waals surface area (Å²) in [6.45, 7) is 0.931. The second-order valence-corrected chi connectivity index (χ2v) is 5.87. The van der Waals surface area contributed by atoms with Gasteiger partial charge in [-0.25, -0.2) is 4.79 Å². The minimum absolute atomic E-state index is 0.172. The maximum absolute atomic E-state index is 12.0. The summed E-state index contributed by atoms with van der Waals surface area (Å²) in [4.78, 5) is 45.5. The molecule has 2 unspecified atom stereocenters. The molecule has 9 nitrogen and oxygen atoms in total. The first kappa shape index (κ1) is 20.6. The number of hydrogen-bond acceptors (Lipinski definition) is 5. The van der Waals surface area contributed by atoms with Crippen molar-refractivity contribution in [3.63, 3.8) is 0 Å². The molecule has 2 atom stereocenters. The molecule has 3 amide bonds. The van der Waals surface area contributed by atoms with Gasteiger partial charge in [0.1, 0.15) is 12.1 Å². The Kier molecular flexibility index (Phi) is 9.23. The highest BCUT2D eigenvalue weighted by atomic mass is 16.4. The van der Waals surface area contributed by atoms with Crippen molar-refractivity contribution in [3.05, 3.63) is 12.2 Å². The maximum atomic E-state index is 12.0. The van der Waals surface area contributed by atoms with Crippen LogP contribution in [0.25, 0.3) is 0 Å². The smallest absolute Gasteiger partial charge is 0.328 e. The van der Waals surface area contributed by atoms with Crippen LogP contribution in [0.4, 0.5) is 0 Å². The summed E-state index contributed by atoms with van der Waals surface area (Å²) in [5.41, 5.74) is 5.41. The molecule has 1 rings (SSSR count). The van der Waals surface area contributed by atoms with Gasteiger partial charge in [0.25, 0.3) is 0 Å². The van der Waals surface area contributed by atoms with Crippen LogP contribution in [0.3, 0.4) is 0 Å². The number of carbonyl (C=O) groups excluding carboxylic acids is 3. The van der Waals surface area contributed by atoms with Crippen LogP contribution in [0.1, 0.15) is 38.5 Å². The van der Waals surface area contributed by atoms with Gasteiger partial charge in [0.2, 0.25) is 17.7 Å². The molecular formula is C16H26N4O5. The molecule has 140 valence electrons. The normalized spacial score (nSPS) is 20.2. The first-order chi connectivity index (χ1) is 11.9. The van der Waals surface area contributed by atoms with E-state index in [2.05, 4.69) is 16.0 Å². The van der Waals surface area contributed by atoms with Gasteiger partial charge in [-0.05, 0) is 45.1 Å². The molecular weight excluding hydrogens is 328 g/mol. The molecule has 25 heavy (non-hydrogen) atoms. The predicted molar refractivity (Wildman–Crippen MR) is 90.4 cm³/mol. The average Bonchev–Trinajstić information content (AvgIpc) is 2.56. The molecule has 0 aromatic carbocycles. The lowest BCUT2D eigenvalue weighted by molar-refractivity contribution is -0.137. The van der Waals surface area contributed by atoms with Gasteiger partial charge < -0.3 is 26.8 Å². The molecule has 0 aliphatic carbocycles. The zero-order chi connectivity index (χ0) is 18.7. The van der Waals surface area contributed by atoms with Crippen LogP contribution in [0.15, 0.2) is 12.2 Å². The van der Waals surface area contributed by atoms with Crippen molar-refractivity contribution in [2.45, 2.75) is 50.6 Å². The van der Waals surface area contributed by atoms with Crippen molar-refractivity contribution >= 4 is 23.7 Å². The van der Waals surface area contributed by atoms with Crippen LogP contribution < -0.4 is 21.7 Å². The van der Waals surface area contributed by atoms with Gasteiger partial charge in [0, 0.05) is 18.7 Å². The third-order valence-electron chi connectivity index (χ3n) is 3.81. The van der Waals surface area contributed by atoms with Gasteiger partial charge in [-0.15, -0.1) is 0 Å². The Bertz CT molecular complexity index is 521. The van der Waals surface area contributed by atoms with Gasteiger partial charge in [-0.1, -0.05) is 0 Å². The topological polar surface area (TPSA) is 151 Å². The highest BCUT2D eigenvalue weighted by molar-refractivity contribution is 5.96. The molecule has 6 N–H and O–H groups in total. The molecule has 0 saturated carbocycles. The van der Waals surface area contributed by atoms with Crippen LogP contribution in [0.2, 0.25) is 0 Å². The third-order valence-corrected chi connectivity index (χ3v) is 3.81. The van der Waals surface area contributed by atoms with Crippen molar-refractivity contribution in [1.29, 1.82) is 0 Å². The van der Waals surface area contributed by atoms with E-state index in [-0.39, 0.29) is 11.8 Å². The molecule has 0 spiro atoms. The fourth-order valence-electron chi connectivity index (χ4n) is 2.47. The van der Waals surface area contributed by atoms with Crippen LogP contribution in [0.5, 0.6) is 0 Å².